The van der Waals surface area contributed by atoms with Crippen LogP contribution in [0.15, 0.2) is 96.6 Å². The van der Waals surface area contributed by atoms with Crippen molar-refractivity contribution in [3.63, 3.8) is 0 Å². The van der Waals surface area contributed by atoms with Crippen molar-refractivity contribution in [1.82, 2.24) is 29.1 Å². The van der Waals surface area contributed by atoms with Gasteiger partial charge >= 0.3 is 0 Å². The molecule has 0 spiro atoms. The van der Waals surface area contributed by atoms with E-state index < -0.39 is 0 Å². The monoisotopic (exact) mass is 394 g/mol. The normalized spacial score (nSPS) is 11.0. The Morgan fingerprint density at radius 2 is 1.73 bits per heavy atom. The lowest BCUT2D eigenvalue weighted by atomic mass is 10.1. The van der Waals surface area contributed by atoms with E-state index in [0.717, 1.165) is 22.6 Å². The third kappa shape index (κ3) is 3.12. The van der Waals surface area contributed by atoms with E-state index in [1.807, 2.05) is 60.2 Å². The van der Waals surface area contributed by atoms with Gasteiger partial charge in [0.25, 0.3) is 0 Å². The van der Waals surface area contributed by atoms with Crippen molar-refractivity contribution in [1.29, 1.82) is 0 Å². The molecule has 3 heterocycles. The van der Waals surface area contributed by atoms with Gasteiger partial charge in [-0.15, -0.1) is 0 Å². The quantitative estimate of drug-likeness (QED) is 0.467. The predicted molar refractivity (Wildman–Crippen MR) is 114 cm³/mol. The van der Waals surface area contributed by atoms with Gasteiger partial charge in [-0.25, -0.2) is 14.3 Å². The first-order valence-corrected chi connectivity index (χ1v) is 9.50. The summed E-state index contributed by atoms with van der Waals surface area (Å²) in [6.45, 7) is 2.02. The summed E-state index contributed by atoms with van der Waals surface area (Å²) >= 11 is 0. The van der Waals surface area contributed by atoms with Crippen LogP contribution in [-0.2, 0) is 0 Å². The molecule has 5 aromatic rings. The average Bonchev–Trinajstić information content (AvgIpc) is 3.47. The molecular formula is C23H18N6O. The number of hydrogen-bond acceptors (Lipinski definition) is 4. The highest BCUT2D eigenvalue weighted by molar-refractivity contribution is 5.57. The van der Waals surface area contributed by atoms with Gasteiger partial charge in [0.15, 0.2) is 5.69 Å². The fraction of sp³-hybridized carbons (Fsp3) is 0.0435. The molecule has 0 amide bonds. The highest BCUT2D eigenvalue weighted by atomic mass is 16.1. The van der Waals surface area contributed by atoms with Crippen LogP contribution in [0.25, 0.3) is 28.5 Å². The van der Waals surface area contributed by atoms with Crippen LogP contribution in [0.4, 0.5) is 0 Å². The molecule has 0 atom stereocenters. The number of para-hydroxylation sites is 1. The Bertz CT molecular complexity index is 1370. The first-order chi connectivity index (χ1) is 14.7. The lowest BCUT2D eigenvalue weighted by Gasteiger charge is -2.13. The summed E-state index contributed by atoms with van der Waals surface area (Å²) in [7, 11) is 0. The van der Waals surface area contributed by atoms with Crippen molar-refractivity contribution < 1.29 is 0 Å². The van der Waals surface area contributed by atoms with Crippen LogP contribution in [0.2, 0.25) is 0 Å². The van der Waals surface area contributed by atoms with Gasteiger partial charge in [0.2, 0.25) is 5.43 Å². The molecule has 0 aliphatic rings. The number of benzene rings is 2. The standard InChI is InChI=1S/C23H18N6O/c1-17-15-19(27-14-12-24-16-27)7-8-20(17)28-13-10-22(30)23(26-28)21-9-11-25-29(21)18-5-3-2-4-6-18/h2-16H,1H3. The minimum Gasteiger partial charge on any atom is -0.306 e. The Morgan fingerprint density at radius 3 is 2.50 bits per heavy atom. The van der Waals surface area contributed by atoms with Gasteiger partial charge < -0.3 is 4.57 Å². The smallest absolute Gasteiger partial charge is 0.209 e. The van der Waals surface area contributed by atoms with E-state index in [1.54, 1.807) is 40.3 Å². The zero-order valence-electron chi connectivity index (χ0n) is 16.3. The maximum absolute atomic E-state index is 12.7. The molecule has 0 N–H and O–H groups in total. The molecule has 2 aromatic carbocycles. The van der Waals surface area contributed by atoms with E-state index in [4.69, 9.17) is 0 Å². The van der Waals surface area contributed by atoms with Crippen LogP contribution in [0.3, 0.4) is 0 Å². The van der Waals surface area contributed by atoms with Gasteiger partial charge in [-0.05, 0) is 48.9 Å². The summed E-state index contributed by atoms with van der Waals surface area (Å²) in [6.07, 6.45) is 8.76. The van der Waals surface area contributed by atoms with E-state index in [-0.39, 0.29) is 5.43 Å². The SMILES string of the molecule is Cc1cc(-n2ccnc2)ccc1-n1ccc(=O)c(-c2ccnn2-c2ccccc2)n1. The molecule has 3 aromatic heterocycles. The predicted octanol–water partition coefficient (Wildman–Crippen LogP) is 3.58. The molecule has 0 fully saturated rings. The summed E-state index contributed by atoms with van der Waals surface area (Å²) in [5.41, 5.74) is 4.64. The van der Waals surface area contributed by atoms with E-state index in [2.05, 4.69) is 21.2 Å². The van der Waals surface area contributed by atoms with Crippen molar-refractivity contribution in [3.8, 4) is 28.5 Å². The van der Waals surface area contributed by atoms with Crippen LogP contribution in [-0.4, -0.2) is 29.1 Å². The van der Waals surface area contributed by atoms with Gasteiger partial charge in [0.1, 0.15) is 0 Å². The maximum Gasteiger partial charge on any atom is 0.209 e. The number of aryl methyl sites for hydroxylation is 1. The first kappa shape index (κ1) is 17.8. The summed E-state index contributed by atoms with van der Waals surface area (Å²) in [5.74, 6) is 0. The number of hydrogen-bond donors (Lipinski definition) is 0. The third-order valence-electron chi connectivity index (χ3n) is 4.92. The maximum atomic E-state index is 12.7. The Morgan fingerprint density at radius 1 is 0.867 bits per heavy atom. The fourth-order valence-corrected chi connectivity index (χ4v) is 3.45. The van der Waals surface area contributed by atoms with Crippen molar-refractivity contribution in [2.24, 2.45) is 0 Å². The number of aromatic nitrogens is 6. The number of nitrogens with zero attached hydrogens (tertiary/aromatic N) is 6. The molecule has 146 valence electrons. The Labute approximate surface area is 172 Å². The van der Waals surface area contributed by atoms with Crippen molar-refractivity contribution in [3.05, 3.63) is 108 Å². The van der Waals surface area contributed by atoms with Gasteiger partial charge in [-0.2, -0.15) is 10.2 Å². The zero-order chi connectivity index (χ0) is 20.5. The zero-order valence-corrected chi connectivity index (χ0v) is 16.3. The van der Waals surface area contributed by atoms with E-state index >= 15 is 0 Å². The Hall–Kier alpha value is -4.26. The van der Waals surface area contributed by atoms with E-state index in [9.17, 15) is 4.79 Å². The van der Waals surface area contributed by atoms with E-state index in [1.165, 1.54) is 6.07 Å². The molecule has 0 aliphatic heterocycles. The number of imidazole rings is 1. The second-order valence-corrected chi connectivity index (χ2v) is 6.88. The fourth-order valence-electron chi connectivity index (χ4n) is 3.45. The largest absolute Gasteiger partial charge is 0.306 e. The second kappa shape index (κ2) is 7.29. The summed E-state index contributed by atoms with van der Waals surface area (Å²) < 4.78 is 5.40. The molecule has 7 nitrogen and oxygen atoms in total. The molecule has 30 heavy (non-hydrogen) atoms. The Balaban J connectivity index is 1.59. The van der Waals surface area contributed by atoms with Crippen LogP contribution >= 0.6 is 0 Å². The molecule has 0 unspecified atom stereocenters. The van der Waals surface area contributed by atoms with Crippen LogP contribution in [0.1, 0.15) is 5.56 Å². The first-order valence-electron chi connectivity index (χ1n) is 9.50. The van der Waals surface area contributed by atoms with Crippen LogP contribution in [0.5, 0.6) is 0 Å². The van der Waals surface area contributed by atoms with Gasteiger partial charge in [-0.3, -0.25) is 4.79 Å². The van der Waals surface area contributed by atoms with Crippen LogP contribution in [0, 0.1) is 6.92 Å². The summed E-state index contributed by atoms with van der Waals surface area (Å²) in [6, 6.07) is 19.1. The molecule has 0 saturated carbocycles. The molecular weight excluding hydrogens is 376 g/mol. The van der Waals surface area contributed by atoms with Gasteiger partial charge in [-0.1, -0.05) is 18.2 Å². The molecule has 7 heteroatoms. The number of rotatable bonds is 4. The lowest BCUT2D eigenvalue weighted by molar-refractivity contribution is 0.818. The van der Waals surface area contributed by atoms with Crippen molar-refractivity contribution >= 4 is 0 Å². The average molecular weight is 394 g/mol. The molecule has 0 aliphatic carbocycles. The van der Waals surface area contributed by atoms with Crippen molar-refractivity contribution in [2.75, 3.05) is 0 Å². The molecule has 0 saturated heterocycles. The lowest BCUT2D eigenvalue weighted by Crippen LogP contribution is -2.15. The highest BCUT2D eigenvalue weighted by Crippen LogP contribution is 2.21. The highest BCUT2D eigenvalue weighted by Gasteiger charge is 2.14. The van der Waals surface area contributed by atoms with Gasteiger partial charge in [0, 0.05) is 30.3 Å². The van der Waals surface area contributed by atoms with Crippen LogP contribution < -0.4 is 5.43 Å². The molecule has 0 bridgehead atoms. The van der Waals surface area contributed by atoms with Gasteiger partial charge in [0.05, 0.1) is 29.6 Å². The molecule has 0 radical (unpaired) electrons. The van der Waals surface area contributed by atoms with E-state index in [0.29, 0.717) is 11.4 Å². The summed E-state index contributed by atoms with van der Waals surface area (Å²) in [4.78, 5) is 16.7. The minimum absolute atomic E-state index is 0.156. The van der Waals surface area contributed by atoms with Crippen molar-refractivity contribution in [2.45, 2.75) is 6.92 Å². The second-order valence-electron chi connectivity index (χ2n) is 6.88. The molecule has 5 rings (SSSR count). The topological polar surface area (TPSA) is 70.5 Å². The summed E-state index contributed by atoms with van der Waals surface area (Å²) in [5, 5.41) is 9.03. The minimum atomic E-state index is -0.156. The third-order valence-corrected chi connectivity index (χ3v) is 4.92. The Kier molecular flexibility index (Phi) is 4.33.